The summed E-state index contributed by atoms with van der Waals surface area (Å²) in [5, 5.41) is 5.31. The molecule has 1 heteroatoms. The third kappa shape index (κ3) is 2.54. The fraction of sp³-hybridized carbons (Fsp3) is 0.0625. The number of aromatic nitrogens is 1. The first-order valence-electron chi connectivity index (χ1n) is 11.5. The Kier molecular flexibility index (Phi) is 3.75. The van der Waals surface area contributed by atoms with Crippen LogP contribution < -0.4 is 0 Å². The molecule has 0 bridgehead atoms. The van der Waals surface area contributed by atoms with Crippen LogP contribution in [0.2, 0.25) is 0 Å². The number of benzene rings is 5. The molecular formula is C32H23N. The van der Waals surface area contributed by atoms with Crippen molar-refractivity contribution >= 4 is 38.1 Å². The third-order valence-electron chi connectivity index (χ3n) is 7.22. The van der Waals surface area contributed by atoms with E-state index in [4.69, 9.17) is 0 Å². The summed E-state index contributed by atoms with van der Waals surface area (Å²) in [6.07, 6.45) is 0. The van der Waals surface area contributed by atoms with Gasteiger partial charge in [-0.15, -0.1) is 0 Å². The van der Waals surface area contributed by atoms with Crippen LogP contribution in [-0.2, 0) is 0 Å². The largest absolute Gasteiger partial charge is 0.308 e. The predicted molar refractivity (Wildman–Crippen MR) is 141 cm³/mol. The molecule has 0 N–H and O–H groups in total. The van der Waals surface area contributed by atoms with Gasteiger partial charge < -0.3 is 4.40 Å². The van der Waals surface area contributed by atoms with E-state index in [-0.39, 0.29) is 0 Å². The van der Waals surface area contributed by atoms with Crippen molar-refractivity contribution in [3.05, 3.63) is 114 Å². The maximum atomic E-state index is 2.44. The SMILES string of the molecule is Cc1ccccc1-c1ccc(-c2ccc3c(c2)c2cccc4c5ccccc5n3c42)c(C)c1. The quantitative estimate of drug-likeness (QED) is 0.263. The van der Waals surface area contributed by atoms with Gasteiger partial charge in [-0.25, -0.2) is 0 Å². The zero-order chi connectivity index (χ0) is 22.1. The summed E-state index contributed by atoms with van der Waals surface area (Å²) in [7, 11) is 0. The average molecular weight is 422 g/mol. The molecule has 0 radical (unpaired) electrons. The van der Waals surface area contributed by atoms with Crippen LogP contribution in [-0.4, -0.2) is 4.40 Å². The molecule has 0 saturated heterocycles. The number of hydrogen-bond acceptors (Lipinski definition) is 0. The zero-order valence-electron chi connectivity index (χ0n) is 18.8. The zero-order valence-corrected chi connectivity index (χ0v) is 18.8. The van der Waals surface area contributed by atoms with Gasteiger partial charge in [0.15, 0.2) is 0 Å². The molecule has 0 aliphatic rings. The molecule has 0 atom stereocenters. The lowest BCUT2D eigenvalue weighted by molar-refractivity contribution is 1.37. The Morgan fingerprint density at radius 1 is 0.455 bits per heavy atom. The number of fused-ring (bicyclic) bond motifs is 6. The molecule has 0 aliphatic carbocycles. The second-order valence-electron chi connectivity index (χ2n) is 9.13. The first-order valence-corrected chi connectivity index (χ1v) is 11.5. The number of para-hydroxylation sites is 2. The van der Waals surface area contributed by atoms with E-state index < -0.39 is 0 Å². The van der Waals surface area contributed by atoms with Gasteiger partial charge in [-0.3, -0.25) is 0 Å². The molecular weight excluding hydrogens is 398 g/mol. The summed E-state index contributed by atoms with van der Waals surface area (Å²) in [5.41, 5.74) is 11.7. The molecule has 33 heavy (non-hydrogen) atoms. The van der Waals surface area contributed by atoms with Gasteiger partial charge in [0.1, 0.15) is 0 Å². The molecule has 0 unspecified atom stereocenters. The van der Waals surface area contributed by atoms with Crippen LogP contribution in [0.1, 0.15) is 11.1 Å². The van der Waals surface area contributed by atoms with Gasteiger partial charge in [0, 0.05) is 21.5 Å². The number of nitrogens with zero attached hydrogens (tertiary/aromatic N) is 1. The molecule has 0 amide bonds. The molecule has 5 aromatic carbocycles. The van der Waals surface area contributed by atoms with Gasteiger partial charge in [0.05, 0.1) is 16.6 Å². The van der Waals surface area contributed by atoms with E-state index in [1.807, 2.05) is 0 Å². The Hall–Kier alpha value is -4.10. The van der Waals surface area contributed by atoms with Crippen molar-refractivity contribution in [1.82, 2.24) is 4.40 Å². The maximum Gasteiger partial charge on any atom is 0.0620 e. The first-order chi connectivity index (χ1) is 16.2. The minimum Gasteiger partial charge on any atom is -0.308 e. The van der Waals surface area contributed by atoms with Crippen LogP contribution in [0.3, 0.4) is 0 Å². The standard InChI is InChI=1S/C32H23N/c1-20-8-3-4-9-24(20)22-14-16-25(21(2)18-22)23-15-17-31-29(19-23)28-12-7-11-27-26-10-5-6-13-30(26)33(31)32(27)28/h3-19H,1-2H3. The molecule has 156 valence electrons. The summed E-state index contributed by atoms with van der Waals surface area (Å²) < 4.78 is 2.44. The van der Waals surface area contributed by atoms with Crippen LogP contribution in [0.5, 0.6) is 0 Å². The van der Waals surface area contributed by atoms with Crippen LogP contribution in [0.4, 0.5) is 0 Å². The highest BCUT2D eigenvalue weighted by molar-refractivity contribution is 6.23. The molecule has 2 aromatic heterocycles. The van der Waals surface area contributed by atoms with Crippen molar-refractivity contribution in [3.8, 4) is 22.3 Å². The lowest BCUT2D eigenvalue weighted by atomic mass is 9.93. The van der Waals surface area contributed by atoms with Crippen LogP contribution >= 0.6 is 0 Å². The van der Waals surface area contributed by atoms with E-state index in [0.717, 1.165) is 0 Å². The van der Waals surface area contributed by atoms with Gasteiger partial charge in [0.2, 0.25) is 0 Å². The molecule has 0 saturated carbocycles. The van der Waals surface area contributed by atoms with Gasteiger partial charge in [-0.1, -0.05) is 84.9 Å². The summed E-state index contributed by atoms with van der Waals surface area (Å²) in [6.45, 7) is 4.40. The van der Waals surface area contributed by atoms with Gasteiger partial charge in [0.25, 0.3) is 0 Å². The Morgan fingerprint density at radius 2 is 1.09 bits per heavy atom. The molecule has 0 aliphatic heterocycles. The molecule has 7 rings (SSSR count). The summed E-state index contributed by atoms with van der Waals surface area (Å²) in [5.74, 6) is 0. The minimum absolute atomic E-state index is 1.27. The fourth-order valence-electron chi connectivity index (χ4n) is 5.65. The van der Waals surface area contributed by atoms with Gasteiger partial charge >= 0.3 is 0 Å². The number of aryl methyl sites for hydroxylation is 2. The minimum atomic E-state index is 1.27. The second-order valence-corrected chi connectivity index (χ2v) is 9.13. The average Bonchev–Trinajstić information content (AvgIpc) is 3.36. The van der Waals surface area contributed by atoms with E-state index in [2.05, 4.69) is 121 Å². The smallest absolute Gasteiger partial charge is 0.0620 e. The van der Waals surface area contributed by atoms with Crippen molar-refractivity contribution in [2.45, 2.75) is 13.8 Å². The second kappa shape index (κ2) is 6.70. The highest BCUT2D eigenvalue weighted by atomic mass is 14.9. The van der Waals surface area contributed by atoms with Crippen molar-refractivity contribution in [3.63, 3.8) is 0 Å². The summed E-state index contributed by atoms with van der Waals surface area (Å²) >= 11 is 0. The van der Waals surface area contributed by atoms with Crippen molar-refractivity contribution in [2.24, 2.45) is 0 Å². The third-order valence-corrected chi connectivity index (χ3v) is 7.22. The van der Waals surface area contributed by atoms with Gasteiger partial charge in [-0.2, -0.15) is 0 Å². The molecule has 2 heterocycles. The lowest BCUT2D eigenvalue weighted by Crippen LogP contribution is -1.88. The molecule has 0 fully saturated rings. The molecule has 0 spiro atoms. The van der Waals surface area contributed by atoms with Crippen LogP contribution in [0.25, 0.3) is 60.3 Å². The Morgan fingerprint density at radius 3 is 1.94 bits per heavy atom. The van der Waals surface area contributed by atoms with Crippen molar-refractivity contribution in [1.29, 1.82) is 0 Å². The van der Waals surface area contributed by atoms with E-state index >= 15 is 0 Å². The monoisotopic (exact) mass is 421 g/mol. The number of hydrogen-bond donors (Lipinski definition) is 0. The topological polar surface area (TPSA) is 4.41 Å². The van der Waals surface area contributed by atoms with E-state index in [0.29, 0.717) is 0 Å². The maximum absolute atomic E-state index is 2.44. The molecule has 1 nitrogen and oxygen atoms in total. The Bertz CT molecular complexity index is 1830. The summed E-state index contributed by atoms with van der Waals surface area (Å²) in [6, 6.07) is 37.9. The highest BCUT2D eigenvalue weighted by Crippen LogP contribution is 2.40. The summed E-state index contributed by atoms with van der Waals surface area (Å²) in [4.78, 5) is 0. The van der Waals surface area contributed by atoms with Crippen molar-refractivity contribution < 1.29 is 0 Å². The van der Waals surface area contributed by atoms with Crippen molar-refractivity contribution in [2.75, 3.05) is 0 Å². The number of rotatable bonds is 2. The molecule has 7 aromatic rings. The van der Waals surface area contributed by atoms with Crippen LogP contribution in [0.15, 0.2) is 103 Å². The fourth-order valence-corrected chi connectivity index (χ4v) is 5.65. The normalized spacial score (nSPS) is 11.9. The predicted octanol–water partition coefficient (Wildman–Crippen LogP) is 8.79. The van der Waals surface area contributed by atoms with Gasteiger partial charge in [-0.05, 0) is 65.4 Å². The Balaban J connectivity index is 1.45. The highest BCUT2D eigenvalue weighted by Gasteiger charge is 2.17. The van der Waals surface area contributed by atoms with E-state index in [1.165, 1.54) is 71.5 Å². The van der Waals surface area contributed by atoms with E-state index in [1.54, 1.807) is 0 Å². The van der Waals surface area contributed by atoms with Crippen LogP contribution in [0, 0.1) is 13.8 Å². The first kappa shape index (κ1) is 18.5. The lowest BCUT2D eigenvalue weighted by Gasteiger charge is -2.11. The Labute approximate surface area is 192 Å². The van der Waals surface area contributed by atoms with E-state index in [9.17, 15) is 0 Å².